The molecule has 0 radical (unpaired) electrons. The minimum absolute atomic E-state index is 0.0168. The molecule has 1 aliphatic heterocycles. The monoisotopic (exact) mass is 544 g/mol. The van der Waals surface area contributed by atoms with Crippen LogP contribution >= 0.6 is 19.2 Å². The number of aliphatic hydroxyl groups is 2. The number of ether oxygens (including phenoxy) is 1. The Bertz CT molecular complexity index is 1080. The first kappa shape index (κ1) is 26.6. The molecule has 4 rings (SSSR count). The lowest BCUT2D eigenvalue weighted by molar-refractivity contribution is -0.243. The zero-order valence-corrected chi connectivity index (χ0v) is 20.2. The van der Waals surface area contributed by atoms with Crippen molar-refractivity contribution in [2.75, 3.05) is 25.2 Å². The molecule has 1 saturated carbocycles. The summed E-state index contributed by atoms with van der Waals surface area (Å²) in [6, 6.07) is 1.99. The molecule has 2 aromatic rings. The third-order valence-corrected chi connectivity index (χ3v) is 6.88. The SMILES string of the molecule is CP(=O)(OCC(F)(F)F)OOC[C@H]1O[C@@H](n2ccc3c(NC4CCCC4)nc(Cl)nc32)[C@H](O)[C@@H]1O. The Morgan fingerprint density at radius 1 is 1.29 bits per heavy atom. The number of aliphatic hydroxyl groups excluding tert-OH is 2. The predicted molar refractivity (Wildman–Crippen MR) is 117 cm³/mol. The highest BCUT2D eigenvalue weighted by Gasteiger charge is 2.45. The zero-order chi connectivity index (χ0) is 25.4. The Labute approximate surface area is 202 Å². The van der Waals surface area contributed by atoms with E-state index >= 15 is 0 Å². The van der Waals surface area contributed by atoms with Crippen molar-refractivity contribution >= 4 is 36.0 Å². The van der Waals surface area contributed by atoms with Gasteiger partial charge in [-0.3, -0.25) is 9.09 Å². The van der Waals surface area contributed by atoms with Crippen LogP contribution in [0.15, 0.2) is 12.3 Å². The third kappa shape index (κ3) is 6.44. The number of nitrogens with zero attached hydrogens (tertiary/aromatic N) is 3. The Morgan fingerprint density at radius 2 is 2.00 bits per heavy atom. The number of fused-ring (bicyclic) bond motifs is 1. The van der Waals surface area contributed by atoms with Gasteiger partial charge in [0, 0.05) is 18.9 Å². The van der Waals surface area contributed by atoms with Gasteiger partial charge in [0.2, 0.25) is 5.28 Å². The van der Waals surface area contributed by atoms with E-state index in [1.165, 1.54) is 4.57 Å². The van der Waals surface area contributed by atoms with Gasteiger partial charge in [0.15, 0.2) is 12.8 Å². The zero-order valence-electron chi connectivity index (χ0n) is 18.5. The molecular weight excluding hydrogens is 520 g/mol. The summed E-state index contributed by atoms with van der Waals surface area (Å²) in [5.41, 5.74) is 0.359. The molecule has 11 nitrogen and oxygen atoms in total. The molecule has 1 unspecified atom stereocenters. The normalized spacial score (nSPS) is 27.5. The summed E-state index contributed by atoms with van der Waals surface area (Å²) in [5.74, 6) is 0.546. The highest BCUT2D eigenvalue weighted by molar-refractivity contribution is 7.52. The van der Waals surface area contributed by atoms with E-state index < -0.39 is 51.5 Å². The van der Waals surface area contributed by atoms with Crippen LogP contribution in [0.1, 0.15) is 31.9 Å². The lowest BCUT2D eigenvalue weighted by Crippen LogP contribution is -2.33. The summed E-state index contributed by atoms with van der Waals surface area (Å²) in [7, 11) is -4.19. The average molecular weight is 545 g/mol. The van der Waals surface area contributed by atoms with Crippen LogP contribution in [0.3, 0.4) is 0 Å². The maximum Gasteiger partial charge on any atom is 0.412 e. The Morgan fingerprint density at radius 3 is 2.69 bits per heavy atom. The van der Waals surface area contributed by atoms with E-state index in [1.54, 1.807) is 12.3 Å². The van der Waals surface area contributed by atoms with Gasteiger partial charge in [-0.25, -0.2) is 9.87 Å². The van der Waals surface area contributed by atoms with Crippen molar-refractivity contribution in [1.29, 1.82) is 0 Å². The van der Waals surface area contributed by atoms with Crippen molar-refractivity contribution in [3.05, 3.63) is 17.5 Å². The smallest absolute Gasteiger partial charge is 0.387 e. The Hall–Kier alpha value is -1.51. The number of hydrogen-bond donors (Lipinski definition) is 3. The fourth-order valence-corrected chi connectivity index (χ4v) is 4.93. The quantitative estimate of drug-likeness (QED) is 0.186. The average Bonchev–Trinajstić information content (AvgIpc) is 3.48. The standard InChI is InChI=1S/C19H25ClF3N4O7P/c1-35(30,32-9-19(21,22)23)34-31-8-12-13(28)14(29)17(33-12)27-7-6-11-15(24-10-4-2-3-5-10)25-18(20)26-16(11)27/h6-7,10,12-14,17,28-29H,2-5,8-9H2,1H3,(H,24,25,26)/t12-,13-,14-,17-,35?/m1/s1. The van der Waals surface area contributed by atoms with Gasteiger partial charge in [0.05, 0.1) is 5.39 Å². The van der Waals surface area contributed by atoms with Gasteiger partial charge in [-0.15, -0.1) is 4.67 Å². The highest BCUT2D eigenvalue weighted by atomic mass is 35.5. The van der Waals surface area contributed by atoms with E-state index in [4.69, 9.17) is 21.2 Å². The van der Waals surface area contributed by atoms with Gasteiger partial charge >= 0.3 is 13.8 Å². The summed E-state index contributed by atoms with van der Waals surface area (Å²) >= 11 is 6.13. The maximum atomic E-state index is 12.2. The van der Waals surface area contributed by atoms with E-state index in [1.807, 2.05) is 0 Å². The minimum atomic E-state index is -4.70. The molecule has 196 valence electrons. The molecule has 3 N–H and O–H groups in total. The van der Waals surface area contributed by atoms with Gasteiger partial charge in [-0.2, -0.15) is 18.2 Å². The lowest BCUT2D eigenvalue weighted by atomic mass is 10.1. The molecule has 0 spiro atoms. The van der Waals surface area contributed by atoms with Crippen LogP contribution in [0.25, 0.3) is 11.0 Å². The van der Waals surface area contributed by atoms with Crippen LogP contribution in [0, 0.1) is 0 Å². The molecule has 2 aliphatic rings. The second-order valence-corrected chi connectivity index (χ2v) is 10.8. The van der Waals surface area contributed by atoms with Crippen molar-refractivity contribution in [3.63, 3.8) is 0 Å². The molecular formula is C19H25ClF3N4O7P. The molecule has 35 heavy (non-hydrogen) atoms. The predicted octanol–water partition coefficient (Wildman–Crippen LogP) is 3.41. The first-order chi connectivity index (χ1) is 16.4. The van der Waals surface area contributed by atoms with Crippen molar-refractivity contribution in [3.8, 4) is 0 Å². The van der Waals surface area contributed by atoms with Gasteiger partial charge in [0.1, 0.15) is 36.4 Å². The molecule has 2 fully saturated rings. The van der Waals surface area contributed by atoms with Crippen LogP contribution in [0.4, 0.5) is 19.0 Å². The van der Waals surface area contributed by atoms with Gasteiger partial charge < -0.3 is 24.8 Å². The molecule has 1 saturated heterocycles. The maximum absolute atomic E-state index is 12.2. The van der Waals surface area contributed by atoms with Crippen molar-refractivity contribution in [2.45, 2.75) is 62.4 Å². The van der Waals surface area contributed by atoms with Crippen molar-refractivity contribution in [1.82, 2.24) is 14.5 Å². The van der Waals surface area contributed by atoms with Crippen LogP contribution in [0.5, 0.6) is 0 Å². The van der Waals surface area contributed by atoms with Crippen LogP contribution in [-0.2, 0) is 23.4 Å². The van der Waals surface area contributed by atoms with E-state index in [0.29, 0.717) is 16.9 Å². The van der Waals surface area contributed by atoms with E-state index in [2.05, 4.69) is 24.5 Å². The summed E-state index contributed by atoms with van der Waals surface area (Å²) < 4.78 is 64.5. The topological polar surface area (TPSA) is 137 Å². The molecule has 3 heterocycles. The number of halogens is 4. The highest BCUT2D eigenvalue weighted by Crippen LogP contribution is 2.45. The molecule has 2 aromatic heterocycles. The summed E-state index contributed by atoms with van der Waals surface area (Å²) in [4.78, 5) is 13.2. The third-order valence-electron chi connectivity index (χ3n) is 5.74. The Balaban J connectivity index is 1.43. The molecule has 16 heteroatoms. The van der Waals surface area contributed by atoms with Crippen LogP contribution in [-0.4, -0.2) is 75.2 Å². The first-order valence-electron chi connectivity index (χ1n) is 10.9. The minimum Gasteiger partial charge on any atom is -0.387 e. The molecule has 1 aliphatic carbocycles. The van der Waals surface area contributed by atoms with Crippen molar-refractivity contribution < 1.29 is 46.8 Å². The van der Waals surface area contributed by atoms with E-state index in [0.717, 1.165) is 32.3 Å². The number of rotatable bonds is 9. The van der Waals surface area contributed by atoms with Crippen molar-refractivity contribution in [2.24, 2.45) is 0 Å². The second-order valence-electron chi connectivity index (χ2n) is 8.49. The summed E-state index contributed by atoms with van der Waals surface area (Å²) in [6.07, 6.45) is -3.98. The number of aromatic nitrogens is 3. The number of hydrogen-bond acceptors (Lipinski definition) is 10. The van der Waals surface area contributed by atoms with Crippen LogP contribution < -0.4 is 5.32 Å². The first-order valence-corrected chi connectivity index (χ1v) is 13.2. The summed E-state index contributed by atoms with van der Waals surface area (Å²) in [5, 5.41) is 25.0. The van der Waals surface area contributed by atoms with Crippen LogP contribution in [0.2, 0.25) is 5.28 Å². The number of anilines is 1. The lowest BCUT2D eigenvalue weighted by Gasteiger charge is -2.18. The number of nitrogens with one attached hydrogen (secondary N) is 1. The fraction of sp³-hybridized carbons (Fsp3) is 0.684. The molecule has 0 bridgehead atoms. The van der Waals surface area contributed by atoms with E-state index in [-0.39, 0.29) is 11.3 Å². The van der Waals surface area contributed by atoms with Gasteiger partial charge in [0.25, 0.3) is 0 Å². The second kappa shape index (κ2) is 10.5. The number of alkyl halides is 3. The van der Waals surface area contributed by atoms with Gasteiger partial charge in [-0.1, -0.05) is 12.8 Å². The Kier molecular flexibility index (Phi) is 7.94. The fourth-order valence-electron chi connectivity index (χ4n) is 4.09. The molecule has 0 aromatic carbocycles. The van der Waals surface area contributed by atoms with E-state index in [9.17, 15) is 27.9 Å². The van der Waals surface area contributed by atoms with Gasteiger partial charge in [-0.05, 0) is 30.5 Å². The summed E-state index contributed by atoms with van der Waals surface area (Å²) in [6.45, 7) is -1.53. The molecule has 5 atom stereocenters. The molecule has 0 amide bonds. The largest absolute Gasteiger partial charge is 0.412 e.